The maximum absolute atomic E-state index is 11.7. The van der Waals surface area contributed by atoms with Gasteiger partial charge >= 0.3 is 6.36 Å². The molecule has 0 fully saturated rings. The summed E-state index contributed by atoms with van der Waals surface area (Å²) < 4.78 is 38.8. The van der Waals surface area contributed by atoms with E-state index in [0.717, 1.165) is 12.3 Å². The maximum atomic E-state index is 11.7. The van der Waals surface area contributed by atoms with Gasteiger partial charge in [0.1, 0.15) is 0 Å². The number of hydrogen-bond acceptors (Lipinski definition) is 3. The van der Waals surface area contributed by atoms with Crippen LogP contribution in [0, 0.1) is 0 Å². The highest BCUT2D eigenvalue weighted by molar-refractivity contribution is 9.10. The van der Waals surface area contributed by atoms with E-state index in [9.17, 15) is 18.0 Å². The first kappa shape index (κ1) is 11.0. The summed E-state index contributed by atoms with van der Waals surface area (Å²) in [7, 11) is 0. The van der Waals surface area contributed by atoms with Gasteiger partial charge in [-0.15, -0.1) is 13.2 Å². The van der Waals surface area contributed by atoms with Gasteiger partial charge in [0.15, 0.2) is 6.29 Å². The van der Waals surface area contributed by atoms with Crippen molar-refractivity contribution in [2.75, 3.05) is 0 Å². The Morgan fingerprint density at radius 3 is 2.57 bits per heavy atom. The molecular formula is C7H3BrF3NO2. The van der Waals surface area contributed by atoms with Gasteiger partial charge in [0, 0.05) is 22.3 Å². The lowest BCUT2D eigenvalue weighted by Crippen LogP contribution is -2.17. The molecule has 0 saturated carbocycles. The lowest BCUT2D eigenvalue weighted by Gasteiger charge is -2.07. The number of aromatic nitrogens is 1. The van der Waals surface area contributed by atoms with Crippen LogP contribution in [0.15, 0.2) is 16.7 Å². The predicted molar refractivity (Wildman–Crippen MR) is 44.0 cm³/mol. The minimum absolute atomic E-state index is 0.152. The van der Waals surface area contributed by atoms with Gasteiger partial charge < -0.3 is 4.74 Å². The third-order valence-corrected chi connectivity index (χ3v) is 1.89. The van der Waals surface area contributed by atoms with Gasteiger partial charge in [-0.1, -0.05) is 0 Å². The SMILES string of the molecule is O=Cc1cnc(OC(F)(F)F)cc1Br. The molecule has 76 valence electrons. The maximum Gasteiger partial charge on any atom is 0.574 e. The monoisotopic (exact) mass is 269 g/mol. The lowest BCUT2D eigenvalue weighted by molar-refractivity contribution is -0.276. The first-order valence-corrected chi connectivity index (χ1v) is 4.08. The topological polar surface area (TPSA) is 39.2 Å². The lowest BCUT2D eigenvalue weighted by atomic mass is 10.3. The van der Waals surface area contributed by atoms with Crippen LogP contribution in [0.4, 0.5) is 13.2 Å². The zero-order chi connectivity index (χ0) is 10.8. The Kier molecular flexibility index (Phi) is 3.10. The Labute approximate surface area is 85.0 Å². The highest BCUT2D eigenvalue weighted by Gasteiger charge is 2.31. The van der Waals surface area contributed by atoms with Crippen LogP contribution in [-0.2, 0) is 0 Å². The second-order valence-corrected chi connectivity index (χ2v) is 3.06. The second-order valence-electron chi connectivity index (χ2n) is 2.21. The summed E-state index contributed by atoms with van der Waals surface area (Å²) in [5.41, 5.74) is 0.152. The molecule has 1 aromatic heterocycles. The van der Waals surface area contributed by atoms with E-state index in [1.807, 2.05) is 0 Å². The molecule has 1 heterocycles. The standard InChI is InChI=1S/C7H3BrF3NO2/c8-5-1-6(14-7(9,10)11)12-2-4(5)3-13/h1-3H. The first-order chi connectivity index (χ1) is 6.42. The molecule has 0 atom stereocenters. The molecule has 7 heteroatoms. The molecule has 1 aromatic rings. The minimum Gasteiger partial charge on any atom is -0.388 e. The third kappa shape index (κ3) is 2.99. The van der Waals surface area contributed by atoms with Crippen molar-refractivity contribution in [3.63, 3.8) is 0 Å². The van der Waals surface area contributed by atoms with Gasteiger partial charge in [0.05, 0.1) is 0 Å². The van der Waals surface area contributed by atoms with Crippen molar-refractivity contribution in [3.05, 3.63) is 22.3 Å². The van der Waals surface area contributed by atoms with Gasteiger partial charge in [-0.2, -0.15) is 0 Å². The molecule has 0 radical (unpaired) electrons. The van der Waals surface area contributed by atoms with Gasteiger partial charge in [-0.05, 0) is 15.9 Å². The van der Waals surface area contributed by atoms with E-state index in [1.165, 1.54) is 0 Å². The Balaban J connectivity index is 2.92. The number of alkyl halides is 3. The average Bonchev–Trinajstić information content (AvgIpc) is 2.01. The van der Waals surface area contributed by atoms with Crippen LogP contribution in [0.1, 0.15) is 10.4 Å². The predicted octanol–water partition coefficient (Wildman–Crippen LogP) is 2.56. The van der Waals surface area contributed by atoms with Crippen LogP contribution in [0.2, 0.25) is 0 Å². The van der Waals surface area contributed by atoms with Crippen molar-refractivity contribution in [2.24, 2.45) is 0 Å². The van der Waals surface area contributed by atoms with E-state index in [1.54, 1.807) is 0 Å². The molecule has 0 aliphatic heterocycles. The van der Waals surface area contributed by atoms with Crippen molar-refractivity contribution in [2.45, 2.75) is 6.36 Å². The van der Waals surface area contributed by atoms with Gasteiger partial charge in [0.25, 0.3) is 0 Å². The van der Waals surface area contributed by atoms with Crippen LogP contribution >= 0.6 is 15.9 Å². The molecule has 0 unspecified atom stereocenters. The van der Waals surface area contributed by atoms with E-state index in [-0.39, 0.29) is 10.0 Å². The Morgan fingerprint density at radius 1 is 1.50 bits per heavy atom. The summed E-state index contributed by atoms with van der Waals surface area (Å²) in [6.07, 6.45) is -3.33. The van der Waals surface area contributed by atoms with Crippen molar-refractivity contribution < 1.29 is 22.7 Å². The van der Waals surface area contributed by atoms with Crippen LogP contribution in [0.3, 0.4) is 0 Å². The molecule has 0 N–H and O–H groups in total. The van der Waals surface area contributed by atoms with Crippen LogP contribution in [-0.4, -0.2) is 17.6 Å². The fourth-order valence-corrected chi connectivity index (χ4v) is 1.08. The summed E-state index contributed by atoms with van der Waals surface area (Å²) >= 11 is 2.90. The summed E-state index contributed by atoms with van der Waals surface area (Å²) in [5, 5.41) is 0. The summed E-state index contributed by atoms with van der Waals surface area (Å²) in [6.45, 7) is 0. The molecule has 0 aromatic carbocycles. The largest absolute Gasteiger partial charge is 0.574 e. The number of nitrogens with zero attached hydrogens (tertiary/aromatic N) is 1. The Morgan fingerprint density at radius 2 is 2.14 bits per heavy atom. The molecule has 1 rings (SSSR count). The number of ether oxygens (including phenoxy) is 1. The van der Waals surface area contributed by atoms with E-state index in [4.69, 9.17) is 0 Å². The number of aldehydes is 1. The fourth-order valence-electron chi connectivity index (χ4n) is 0.685. The fraction of sp³-hybridized carbons (Fsp3) is 0.143. The number of pyridine rings is 1. The molecule has 0 spiro atoms. The van der Waals surface area contributed by atoms with E-state index in [0.29, 0.717) is 6.29 Å². The minimum atomic E-state index is -4.78. The van der Waals surface area contributed by atoms with Crippen LogP contribution in [0.25, 0.3) is 0 Å². The molecule has 0 saturated heterocycles. The smallest absolute Gasteiger partial charge is 0.388 e. The molecule has 14 heavy (non-hydrogen) atoms. The van der Waals surface area contributed by atoms with Crippen LogP contribution < -0.4 is 4.74 Å². The molecule has 3 nitrogen and oxygen atoms in total. The first-order valence-electron chi connectivity index (χ1n) is 3.29. The van der Waals surface area contributed by atoms with E-state index >= 15 is 0 Å². The number of hydrogen-bond donors (Lipinski definition) is 0. The molecule has 0 aliphatic rings. The summed E-state index contributed by atoms with van der Waals surface area (Å²) in [4.78, 5) is 13.6. The van der Waals surface area contributed by atoms with E-state index < -0.39 is 12.2 Å². The molecule has 0 amide bonds. The number of carbonyl (C=O) groups is 1. The van der Waals surface area contributed by atoms with Gasteiger partial charge in [-0.25, -0.2) is 4.98 Å². The highest BCUT2D eigenvalue weighted by atomic mass is 79.9. The number of rotatable bonds is 2. The quantitative estimate of drug-likeness (QED) is 0.775. The van der Waals surface area contributed by atoms with Crippen molar-refractivity contribution in [1.82, 2.24) is 4.98 Å². The zero-order valence-corrected chi connectivity index (χ0v) is 8.09. The van der Waals surface area contributed by atoms with Crippen molar-refractivity contribution in [1.29, 1.82) is 0 Å². The zero-order valence-electron chi connectivity index (χ0n) is 6.51. The third-order valence-electron chi connectivity index (χ3n) is 1.20. The molecule has 0 aliphatic carbocycles. The molecular weight excluding hydrogens is 267 g/mol. The number of carbonyl (C=O) groups excluding carboxylic acids is 1. The number of halogens is 4. The molecule has 0 bridgehead atoms. The Bertz CT molecular complexity index is 353. The van der Waals surface area contributed by atoms with E-state index in [2.05, 4.69) is 25.7 Å². The van der Waals surface area contributed by atoms with Gasteiger partial charge in [-0.3, -0.25) is 4.79 Å². The summed E-state index contributed by atoms with van der Waals surface area (Å²) in [5.74, 6) is -0.616. The second kappa shape index (κ2) is 3.95. The normalized spacial score (nSPS) is 11.1. The van der Waals surface area contributed by atoms with Crippen molar-refractivity contribution >= 4 is 22.2 Å². The average molecular weight is 270 g/mol. The van der Waals surface area contributed by atoms with Crippen molar-refractivity contribution in [3.8, 4) is 5.88 Å². The van der Waals surface area contributed by atoms with Crippen LogP contribution in [0.5, 0.6) is 5.88 Å². The van der Waals surface area contributed by atoms with Gasteiger partial charge in [0.2, 0.25) is 5.88 Å². The highest BCUT2D eigenvalue weighted by Crippen LogP contribution is 2.24. The Hall–Kier alpha value is -1.11. The summed E-state index contributed by atoms with van der Waals surface area (Å²) in [6, 6.07) is 0.969.